The summed E-state index contributed by atoms with van der Waals surface area (Å²) in [5, 5.41) is 15.6. The van der Waals surface area contributed by atoms with Gasteiger partial charge in [0.2, 0.25) is 0 Å². The van der Waals surface area contributed by atoms with Gasteiger partial charge < -0.3 is 5.32 Å². The van der Waals surface area contributed by atoms with Crippen molar-refractivity contribution < 1.29 is 4.79 Å². The minimum Gasteiger partial charge on any atom is -0.348 e. The lowest BCUT2D eigenvalue weighted by molar-refractivity contribution is 0.0917. The third-order valence-corrected chi connectivity index (χ3v) is 4.08. The lowest BCUT2D eigenvalue weighted by atomic mass is 10.0. The molecule has 0 bridgehead atoms. The van der Waals surface area contributed by atoms with Gasteiger partial charge in [0.25, 0.3) is 5.91 Å². The maximum atomic E-state index is 12.1. The van der Waals surface area contributed by atoms with Gasteiger partial charge in [-0.2, -0.15) is 5.26 Å². The minimum absolute atomic E-state index is 0.0643. The number of nitrogens with one attached hydrogen (secondary N) is 1. The molecule has 1 aliphatic heterocycles. The lowest BCUT2D eigenvalue weighted by Crippen LogP contribution is -2.44. The van der Waals surface area contributed by atoms with Crippen molar-refractivity contribution in [2.75, 3.05) is 19.6 Å². The van der Waals surface area contributed by atoms with Crippen molar-refractivity contribution in [2.45, 2.75) is 32.2 Å². The van der Waals surface area contributed by atoms with Crippen LogP contribution in [0.4, 0.5) is 0 Å². The lowest BCUT2D eigenvalue weighted by Gasteiger charge is -2.30. The number of amides is 1. The molecule has 102 valence electrons. The van der Waals surface area contributed by atoms with Crippen molar-refractivity contribution in [2.24, 2.45) is 0 Å². The Hall–Kier alpha value is -1.52. The topological polar surface area (TPSA) is 81.9 Å². The van der Waals surface area contributed by atoms with Crippen LogP contribution in [-0.4, -0.2) is 46.1 Å². The fourth-order valence-electron chi connectivity index (χ4n) is 2.20. The van der Waals surface area contributed by atoms with E-state index in [0.29, 0.717) is 11.4 Å². The van der Waals surface area contributed by atoms with E-state index in [1.165, 1.54) is 0 Å². The van der Waals surface area contributed by atoms with Gasteiger partial charge in [0.05, 0.1) is 18.3 Å². The van der Waals surface area contributed by atoms with Crippen LogP contribution in [0.5, 0.6) is 0 Å². The molecule has 0 unspecified atom stereocenters. The van der Waals surface area contributed by atoms with Crippen molar-refractivity contribution in [3.05, 3.63) is 10.6 Å². The first-order valence-corrected chi connectivity index (χ1v) is 7.23. The average molecular weight is 279 g/mol. The molecule has 19 heavy (non-hydrogen) atoms. The van der Waals surface area contributed by atoms with E-state index in [1.807, 2.05) is 6.92 Å². The number of hydrogen-bond acceptors (Lipinski definition) is 6. The number of likely N-dealkylation sites (tertiary alicyclic amines) is 1. The largest absolute Gasteiger partial charge is 0.348 e. The van der Waals surface area contributed by atoms with Gasteiger partial charge in [0.1, 0.15) is 4.88 Å². The van der Waals surface area contributed by atoms with Crippen LogP contribution < -0.4 is 5.32 Å². The Morgan fingerprint density at radius 3 is 2.95 bits per heavy atom. The molecule has 1 amide bonds. The molecule has 6 nitrogen and oxygen atoms in total. The Balaban J connectivity index is 1.86. The van der Waals surface area contributed by atoms with Crippen molar-refractivity contribution in [3.8, 4) is 6.07 Å². The first kappa shape index (κ1) is 13.9. The maximum absolute atomic E-state index is 12.1. The number of carbonyl (C=O) groups excluding carboxylic acids is 1. The summed E-state index contributed by atoms with van der Waals surface area (Å²) < 4.78 is 3.83. The monoisotopic (exact) mass is 279 g/mol. The summed E-state index contributed by atoms with van der Waals surface area (Å²) in [6.07, 6.45) is 2.50. The number of aromatic nitrogens is 2. The van der Waals surface area contributed by atoms with Gasteiger partial charge in [0, 0.05) is 19.1 Å². The van der Waals surface area contributed by atoms with Gasteiger partial charge in [-0.05, 0) is 30.8 Å². The van der Waals surface area contributed by atoms with Crippen LogP contribution in [-0.2, 0) is 6.42 Å². The molecule has 1 aliphatic rings. The summed E-state index contributed by atoms with van der Waals surface area (Å²) in [4.78, 5) is 14.8. The molecule has 2 rings (SSSR count). The summed E-state index contributed by atoms with van der Waals surface area (Å²) >= 11 is 1.15. The van der Waals surface area contributed by atoms with Gasteiger partial charge in [-0.15, -0.1) is 5.10 Å². The van der Waals surface area contributed by atoms with Crippen LogP contribution in [0, 0.1) is 11.3 Å². The van der Waals surface area contributed by atoms with Gasteiger partial charge >= 0.3 is 0 Å². The highest BCUT2D eigenvalue weighted by Gasteiger charge is 2.23. The first-order chi connectivity index (χ1) is 9.24. The molecule has 0 spiro atoms. The second-order valence-electron chi connectivity index (χ2n) is 4.58. The molecule has 7 heteroatoms. The van der Waals surface area contributed by atoms with Crippen LogP contribution in [0.25, 0.3) is 0 Å². The Labute approximate surface area is 116 Å². The predicted molar refractivity (Wildman–Crippen MR) is 71.8 cm³/mol. The molecule has 1 saturated heterocycles. The molecule has 0 saturated carbocycles. The standard InChI is InChI=1S/C12H17N5OS/c1-2-10-11(19-16-15-10)12(18)14-9-3-6-17(7-4-9)8-5-13/h9H,2-4,6-8H2,1H3,(H,14,18). The number of carbonyl (C=O) groups is 1. The first-order valence-electron chi connectivity index (χ1n) is 6.46. The molecule has 0 aliphatic carbocycles. The van der Waals surface area contributed by atoms with Crippen LogP contribution >= 0.6 is 11.5 Å². The molecule has 1 aromatic heterocycles. The molecule has 1 fully saturated rings. The number of rotatable bonds is 4. The normalized spacial score (nSPS) is 17.1. The van der Waals surface area contributed by atoms with Crippen molar-refractivity contribution in [3.63, 3.8) is 0 Å². The van der Waals surface area contributed by atoms with E-state index in [-0.39, 0.29) is 11.9 Å². The molecule has 0 atom stereocenters. The molecule has 0 aromatic carbocycles. The molecule has 0 radical (unpaired) electrons. The average Bonchev–Trinajstić information content (AvgIpc) is 2.90. The van der Waals surface area contributed by atoms with E-state index in [9.17, 15) is 4.79 Å². The van der Waals surface area contributed by atoms with Crippen LogP contribution in [0.3, 0.4) is 0 Å². The maximum Gasteiger partial charge on any atom is 0.265 e. The second kappa shape index (κ2) is 6.59. The quantitative estimate of drug-likeness (QED) is 0.825. The van der Waals surface area contributed by atoms with Crippen LogP contribution in [0.1, 0.15) is 35.1 Å². The molecular formula is C12H17N5OS. The highest BCUT2D eigenvalue weighted by atomic mass is 32.1. The van der Waals surface area contributed by atoms with Gasteiger partial charge in [-0.3, -0.25) is 9.69 Å². The van der Waals surface area contributed by atoms with Gasteiger partial charge in [0.15, 0.2) is 0 Å². The summed E-state index contributed by atoms with van der Waals surface area (Å²) in [6, 6.07) is 2.34. The smallest absolute Gasteiger partial charge is 0.265 e. The third kappa shape index (κ3) is 3.49. The summed E-state index contributed by atoms with van der Waals surface area (Å²) in [5.74, 6) is -0.0643. The fourth-order valence-corrected chi connectivity index (χ4v) is 2.85. The van der Waals surface area contributed by atoms with Crippen LogP contribution in [0.15, 0.2) is 0 Å². The number of nitrogens with zero attached hydrogens (tertiary/aromatic N) is 4. The predicted octanol–water partition coefficient (Wildman–Crippen LogP) is 0.818. The minimum atomic E-state index is -0.0643. The number of aryl methyl sites for hydroxylation is 1. The van der Waals surface area contributed by atoms with E-state index < -0.39 is 0 Å². The number of hydrogen-bond donors (Lipinski definition) is 1. The zero-order valence-corrected chi connectivity index (χ0v) is 11.7. The van der Waals surface area contributed by atoms with Crippen molar-refractivity contribution >= 4 is 17.4 Å². The molecular weight excluding hydrogens is 262 g/mol. The zero-order valence-electron chi connectivity index (χ0n) is 10.9. The van der Waals surface area contributed by atoms with Crippen LogP contribution in [0.2, 0.25) is 0 Å². The Morgan fingerprint density at radius 1 is 1.58 bits per heavy atom. The summed E-state index contributed by atoms with van der Waals surface area (Å²) in [7, 11) is 0. The summed E-state index contributed by atoms with van der Waals surface area (Å²) in [5.41, 5.74) is 0.768. The highest BCUT2D eigenvalue weighted by molar-refractivity contribution is 7.08. The SMILES string of the molecule is CCc1nnsc1C(=O)NC1CCN(CC#N)CC1. The number of nitriles is 1. The molecule has 2 heterocycles. The van der Waals surface area contributed by atoms with E-state index in [4.69, 9.17) is 5.26 Å². The summed E-state index contributed by atoms with van der Waals surface area (Å²) in [6.45, 7) is 4.16. The Bertz CT molecular complexity index is 473. The van der Waals surface area contributed by atoms with E-state index in [2.05, 4.69) is 25.9 Å². The Kier molecular flexibility index (Phi) is 4.82. The Morgan fingerprint density at radius 2 is 2.32 bits per heavy atom. The van der Waals surface area contributed by atoms with E-state index in [0.717, 1.165) is 49.6 Å². The highest BCUT2D eigenvalue weighted by Crippen LogP contribution is 2.14. The zero-order chi connectivity index (χ0) is 13.7. The van der Waals surface area contributed by atoms with Crippen molar-refractivity contribution in [1.29, 1.82) is 5.26 Å². The molecule has 1 aromatic rings. The van der Waals surface area contributed by atoms with E-state index >= 15 is 0 Å². The van der Waals surface area contributed by atoms with E-state index in [1.54, 1.807) is 0 Å². The van der Waals surface area contributed by atoms with Gasteiger partial charge in [-0.25, -0.2) is 0 Å². The van der Waals surface area contributed by atoms with Crippen molar-refractivity contribution in [1.82, 2.24) is 19.8 Å². The molecule has 1 N–H and O–H groups in total. The van der Waals surface area contributed by atoms with Gasteiger partial charge in [-0.1, -0.05) is 11.4 Å². The number of piperidine rings is 1. The third-order valence-electron chi connectivity index (χ3n) is 3.31. The second-order valence-corrected chi connectivity index (χ2v) is 5.34. The fraction of sp³-hybridized carbons (Fsp3) is 0.667.